The Balaban J connectivity index is 2.25. The van der Waals surface area contributed by atoms with Crippen molar-refractivity contribution in [1.82, 2.24) is 0 Å². The van der Waals surface area contributed by atoms with Gasteiger partial charge in [0.15, 0.2) is 17.4 Å². The minimum atomic E-state index is -0.713. The summed E-state index contributed by atoms with van der Waals surface area (Å²) in [5, 5.41) is 0. The molecular formula is C17H19F2NO. The molecule has 1 atom stereocenters. The van der Waals surface area contributed by atoms with Gasteiger partial charge in [-0.05, 0) is 55.2 Å². The summed E-state index contributed by atoms with van der Waals surface area (Å²) < 4.78 is 33.4. The first-order valence-electron chi connectivity index (χ1n) is 6.97. The van der Waals surface area contributed by atoms with Gasteiger partial charge < -0.3 is 10.5 Å². The second-order valence-corrected chi connectivity index (χ2v) is 5.18. The molecule has 21 heavy (non-hydrogen) atoms. The lowest BCUT2D eigenvalue weighted by Gasteiger charge is -2.12. The fourth-order valence-electron chi connectivity index (χ4n) is 2.07. The van der Waals surface area contributed by atoms with Gasteiger partial charge in [-0.1, -0.05) is 19.1 Å². The molecule has 0 aliphatic carbocycles. The molecule has 0 fully saturated rings. The average Bonchev–Trinajstić information content (AvgIpc) is 2.43. The molecule has 0 aliphatic rings. The highest BCUT2D eigenvalue weighted by atomic mass is 19.1. The van der Waals surface area contributed by atoms with E-state index in [1.165, 1.54) is 12.1 Å². The molecule has 2 aromatic carbocycles. The van der Waals surface area contributed by atoms with Gasteiger partial charge >= 0.3 is 0 Å². The van der Waals surface area contributed by atoms with E-state index in [1.807, 2.05) is 19.9 Å². The van der Waals surface area contributed by atoms with Gasteiger partial charge in [-0.25, -0.2) is 8.78 Å². The molecule has 2 aromatic rings. The molecule has 0 spiro atoms. The lowest BCUT2D eigenvalue weighted by molar-refractivity contribution is 0.406. The van der Waals surface area contributed by atoms with E-state index in [1.54, 1.807) is 18.2 Å². The minimum Gasteiger partial charge on any atom is -0.451 e. The van der Waals surface area contributed by atoms with Crippen molar-refractivity contribution in [3.05, 3.63) is 59.2 Å². The first kappa shape index (κ1) is 15.4. The first-order valence-corrected chi connectivity index (χ1v) is 6.97. The summed E-state index contributed by atoms with van der Waals surface area (Å²) in [6.45, 7) is 3.82. The van der Waals surface area contributed by atoms with Crippen LogP contribution in [0.25, 0.3) is 0 Å². The number of hydrogen-bond donors (Lipinski definition) is 1. The molecule has 0 heterocycles. The highest BCUT2D eigenvalue weighted by Gasteiger charge is 2.15. The van der Waals surface area contributed by atoms with E-state index in [2.05, 4.69) is 0 Å². The van der Waals surface area contributed by atoms with Crippen molar-refractivity contribution in [1.29, 1.82) is 0 Å². The Labute approximate surface area is 123 Å². The van der Waals surface area contributed by atoms with E-state index >= 15 is 0 Å². The molecule has 0 amide bonds. The predicted molar refractivity (Wildman–Crippen MR) is 79.6 cm³/mol. The van der Waals surface area contributed by atoms with E-state index < -0.39 is 11.6 Å². The average molecular weight is 291 g/mol. The van der Waals surface area contributed by atoms with Crippen LogP contribution in [0.1, 0.15) is 24.5 Å². The lowest BCUT2D eigenvalue weighted by atomic mass is 10.0. The summed E-state index contributed by atoms with van der Waals surface area (Å²) in [5.74, 6) is -1.40. The summed E-state index contributed by atoms with van der Waals surface area (Å²) in [6, 6.07) is 9.50. The van der Waals surface area contributed by atoms with Crippen LogP contribution < -0.4 is 10.5 Å². The quantitative estimate of drug-likeness (QED) is 0.889. The molecular weight excluding hydrogens is 272 g/mol. The number of benzene rings is 2. The van der Waals surface area contributed by atoms with Gasteiger partial charge in [-0.3, -0.25) is 0 Å². The Morgan fingerprint density at radius 2 is 1.81 bits per heavy atom. The van der Waals surface area contributed by atoms with E-state index in [4.69, 9.17) is 10.5 Å². The molecule has 0 aromatic heterocycles. The number of halogens is 2. The number of aryl methyl sites for hydroxylation is 1. The van der Waals surface area contributed by atoms with Crippen molar-refractivity contribution in [2.75, 3.05) is 0 Å². The van der Waals surface area contributed by atoms with Crippen LogP contribution in [0.2, 0.25) is 0 Å². The van der Waals surface area contributed by atoms with Crippen molar-refractivity contribution in [2.24, 2.45) is 5.73 Å². The summed E-state index contributed by atoms with van der Waals surface area (Å²) in [6.07, 6.45) is 1.19. The molecule has 1 unspecified atom stereocenters. The minimum absolute atomic E-state index is 0.104. The Kier molecular flexibility index (Phi) is 4.91. The van der Waals surface area contributed by atoms with E-state index in [0.29, 0.717) is 17.7 Å². The summed E-state index contributed by atoms with van der Waals surface area (Å²) in [5.41, 5.74) is 7.30. The summed E-state index contributed by atoms with van der Waals surface area (Å²) >= 11 is 0. The van der Waals surface area contributed by atoms with Crippen LogP contribution >= 0.6 is 0 Å². The third-order valence-electron chi connectivity index (χ3n) is 3.29. The van der Waals surface area contributed by atoms with Crippen LogP contribution in [0.5, 0.6) is 11.5 Å². The Hall–Kier alpha value is -1.94. The molecule has 0 saturated carbocycles. The maximum absolute atomic E-state index is 14.0. The van der Waals surface area contributed by atoms with E-state index in [-0.39, 0.29) is 11.8 Å². The fraction of sp³-hybridized carbons (Fsp3) is 0.294. The monoisotopic (exact) mass is 291 g/mol. The molecule has 0 bridgehead atoms. The standard InChI is InChI=1S/C17H19F2NO/c1-3-13(20)8-12-9-15(18)17(16(19)10-12)21-14-6-4-5-11(2)7-14/h4-7,9-10,13H,3,8,20H2,1-2H3. The zero-order valence-electron chi connectivity index (χ0n) is 12.2. The van der Waals surface area contributed by atoms with Gasteiger partial charge in [0, 0.05) is 6.04 Å². The SMILES string of the molecule is CCC(N)Cc1cc(F)c(Oc2cccc(C)c2)c(F)c1. The molecule has 4 heteroatoms. The fourth-order valence-corrected chi connectivity index (χ4v) is 2.07. The Morgan fingerprint density at radius 1 is 1.14 bits per heavy atom. The highest BCUT2D eigenvalue weighted by molar-refractivity contribution is 5.37. The molecule has 2 rings (SSSR count). The molecule has 0 radical (unpaired) electrons. The van der Waals surface area contributed by atoms with E-state index in [9.17, 15) is 8.78 Å². The maximum Gasteiger partial charge on any atom is 0.198 e. The molecule has 2 N–H and O–H groups in total. The third-order valence-corrected chi connectivity index (χ3v) is 3.29. The smallest absolute Gasteiger partial charge is 0.198 e. The van der Waals surface area contributed by atoms with Crippen molar-refractivity contribution in [3.63, 3.8) is 0 Å². The van der Waals surface area contributed by atoms with Gasteiger partial charge in [-0.2, -0.15) is 0 Å². The lowest BCUT2D eigenvalue weighted by Crippen LogP contribution is -2.21. The second kappa shape index (κ2) is 6.68. The topological polar surface area (TPSA) is 35.2 Å². The highest BCUT2D eigenvalue weighted by Crippen LogP contribution is 2.29. The largest absolute Gasteiger partial charge is 0.451 e. The zero-order valence-corrected chi connectivity index (χ0v) is 12.2. The molecule has 2 nitrogen and oxygen atoms in total. The second-order valence-electron chi connectivity index (χ2n) is 5.18. The summed E-state index contributed by atoms with van der Waals surface area (Å²) in [7, 11) is 0. The first-order chi connectivity index (χ1) is 9.99. The molecule has 112 valence electrons. The van der Waals surface area contributed by atoms with Gasteiger partial charge in [0.1, 0.15) is 5.75 Å². The summed E-state index contributed by atoms with van der Waals surface area (Å²) in [4.78, 5) is 0. The van der Waals surface area contributed by atoms with Gasteiger partial charge in [0.05, 0.1) is 0 Å². The van der Waals surface area contributed by atoms with Crippen LogP contribution in [0.4, 0.5) is 8.78 Å². The van der Waals surface area contributed by atoms with E-state index in [0.717, 1.165) is 12.0 Å². The van der Waals surface area contributed by atoms with Crippen molar-refractivity contribution in [2.45, 2.75) is 32.7 Å². The third kappa shape index (κ3) is 4.02. The Morgan fingerprint density at radius 3 is 2.38 bits per heavy atom. The van der Waals surface area contributed by atoms with Gasteiger partial charge in [0.2, 0.25) is 0 Å². The Bertz CT molecular complexity index is 605. The van der Waals surface area contributed by atoms with Crippen LogP contribution in [0.15, 0.2) is 36.4 Å². The molecule has 0 aliphatic heterocycles. The van der Waals surface area contributed by atoms with Crippen LogP contribution in [-0.4, -0.2) is 6.04 Å². The van der Waals surface area contributed by atoms with Crippen molar-refractivity contribution in [3.8, 4) is 11.5 Å². The van der Waals surface area contributed by atoms with Crippen molar-refractivity contribution >= 4 is 0 Å². The molecule has 0 saturated heterocycles. The van der Waals surface area contributed by atoms with Crippen molar-refractivity contribution < 1.29 is 13.5 Å². The number of ether oxygens (including phenoxy) is 1. The number of rotatable bonds is 5. The van der Waals surface area contributed by atoms with Gasteiger partial charge in [0.25, 0.3) is 0 Å². The van der Waals surface area contributed by atoms with Gasteiger partial charge in [-0.15, -0.1) is 0 Å². The number of nitrogens with two attached hydrogens (primary N) is 1. The number of hydrogen-bond acceptors (Lipinski definition) is 2. The van der Waals surface area contributed by atoms with Crippen LogP contribution in [0.3, 0.4) is 0 Å². The normalized spacial score (nSPS) is 12.2. The maximum atomic E-state index is 14.0. The van der Waals surface area contributed by atoms with Crippen LogP contribution in [0, 0.1) is 18.6 Å². The zero-order chi connectivity index (χ0) is 15.4. The van der Waals surface area contributed by atoms with Crippen LogP contribution in [-0.2, 0) is 6.42 Å². The predicted octanol–water partition coefficient (Wildman–Crippen LogP) is 4.35.